The molecule has 6 nitrogen and oxygen atoms in total. The lowest BCUT2D eigenvalue weighted by atomic mass is 10.1. The number of aromatic amines is 1. The Morgan fingerprint density at radius 2 is 2.08 bits per heavy atom. The molecule has 1 atom stereocenters. The highest BCUT2D eigenvalue weighted by atomic mass is 16.2. The van der Waals surface area contributed by atoms with Crippen LogP contribution in [0.15, 0.2) is 30.5 Å². The second-order valence-corrected chi connectivity index (χ2v) is 7.59. The summed E-state index contributed by atoms with van der Waals surface area (Å²) < 4.78 is 0. The monoisotopic (exact) mass is 342 g/mol. The molecule has 0 bridgehead atoms. The molecule has 3 N–H and O–H groups in total. The van der Waals surface area contributed by atoms with E-state index in [0.717, 1.165) is 11.9 Å². The molecule has 1 aliphatic heterocycles. The van der Waals surface area contributed by atoms with Crippen LogP contribution >= 0.6 is 0 Å². The number of para-hydroxylation sites is 1. The van der Waals surface area contributed by atoms with Crippen molar-refractivity contribution in [3.63, 3.8) is 0 Å². The number of fused-ring (bicyclic) bond motifs is 1. The van der Waals surface area contributed by atoms with E-state index in [1.807, 2.05) is 50.1 Å². The van der Waals surface area contributed by atoms with Gasteiger partial charge in [0, 0.05) is 42.1 Å². The third-order valence-electron chi connectivity index (χ3n) is 4.62. The number of hydrogen-bond donors (Lipinski definition) is 3. The van der Waals surface area contributed by atoms with Gasteiger partial charge in [-0.2, -0.15) is 0 Å². The van der Waals surface area contributed by atoms with E-state index in [0.29, 0.717) is 19.5 Å². The predicted molar refractivity (Wildman–Crippen MR) is 98.4 cm³/mol. The van der Waals surface area contributed by atoms with Crippen molar-refractivity contribution in [1.29, 1.82) is 0 Å². The molecule has 3 rings (SSSR count). The zero-order valence-electron chi connectivity index (χ0n) is 15.1. The third-order valence-corrected chi connectivity index (χ3v) is 4.62. The van der Waals surface area contributed by atoms with E-state index in [2.05, 4.69) is 21.7 Å². The molecule has 1 aromatic carbocycles. The number of hydrogen-bond acceptors (Lipinski definition) is 2. The van der Waals surface area contributed by atoms with Gasteiger partial charge in [0.05, 0.1) is 6.04 Å². The Hall–Kier alpha value is -2.50. The molecule has 1 aromatic heterocycles. The van der Waals surface area contributed by atoms with Crippen molar-refractivity contribution in [2.75, 3.05) is 13.1 Å². The van der Waals surface area contributed by atoms with Gasteiger partial charge in [0.15, 0.2) is 0 Å². The first-order valence-corrected chi connectivity index (χ1v) is 8.74. The SMILES string of the molecule is CC(C)(C)N1CC(NC(=O)NCCc2c[nH]c3ccccc23)CC1=O. The average molecular weight is 342 g/mol. The van der Waals surface area contributed by atoms with Gasteiger partial charge in [-0.05, 0) is 38.8 Å². The number of rotatable bonds is 4. The Bertz CT molecular complexity index is 775. The fourth-order valence-corrected chi connectivity index (χ4v) is 3.34. The summed E-state index contributed by atoms with van der Waals surface area (Å²) in [6.45, 7) is 7.15. The first kappa shape index (κ1) is 17.3. The third kappa shape index (κ3) is 3.95. The normalized spacial score (nSPS) is 18.0. The van der Waals surface area contributed by atoms with Crippen LogP contribution in [0, 0.1) is 0 Å². The Balaban J connectivity index is 1.47. The Morgan fingerprint density at radius 3 is 2.80 bits per heavy atom. The van der Waals surface area contributed by atoms with Gasteiger partial charge in [0.25, 0.3) is 0 Å². The molecule has 25 heavy (non-hydrogen) atoms. The van der Waals surface area contributed by atoms with Crippen LogP contribution in [0.5, 0.6) is 0 Å². The number of benzene rings is 1. The lowest BCUT2D eigenvalue weighted by Gasteiger charge is -2.32. The smallest absolute Gasteiger partial charge is 0.315 e. The first-order valence-electron chi connectivity index (χ1n) is 8.74. The van der Waals surface area contributed by atoms with Crippen LogP contribution in [0.25, 0.3) is 10.9 Å². The maximum absolute atomic E-state index is 12.1. The Kier molecular flexibility index (Phi) is 4.70. The molecule has 3 amide bonds. The van der Waals surface area contributed by atoms with Crippen molar-refractivity contribution < 1.29 is 9.59 Å². The fraction of sp³-hybridized carbons (Fsp3) is 0.474. The minimum Gasteiger partial charge on any atom is -0.361 e. The number of nitrogens with zero attached hydrogens (tertiary/aromatic N) is 1. The van der Waals surface area contributed by atoms with Gasteiger partial charge in [-0.25, -0.2) is 4.79 Å². The molecule has 2 heterocycles. The number of carbonyl (C=O) groups excluding carboxylic acids is 2. The fourth-order valence-electron chi connectivity index (χ4n) is 3.34. The number of amides is 3. The molecule has 6 heteroatoms. The lowest BCUT2D eigenvalue weighted by Crippen LogP contribution is -2.46. The maximum Gasteiger partial charge on any atom is 0.315 e. The molecule has 0 saturated carbocycles. The molecule has 2 aromatic rings. The van der Waals surface area contributed by atoms with Gasteiger partial charge in [0.2, 0.25) is 5.91 Å². The van der Waals surface area contributed by atoms with Gasteiger partial charge in [-0.3, -0.25) is 4.79 Å². The van der Waals surface area contributed by atoms with Crippen LogP contribution in [0.4, 0.5) is 4.79 Å². The highest BCUT2D eigenvalue weighted by Crippen LogP contribution is 2.22. The number of likely N-dealkylation sites (tertiary alicyclic amines) is 1. The first-order chi connectivity index (χ1) is 11.8. The molecule has 0 radical (unpaired) electrons. The number of urea groups is 1. The molecule has 0 spiro atoms. The zero-order chi connectivity index (χ0) is 18.0. The maximum atomic E-state index is 12.1. The van der Waals surface area contributed by atoms with Crippen LogP contribution in [-0.2, 0) is 11.2 Å². The van der Waals surface area contributed by atoms with Crippen LogP contribution in [0.3, 0.4) is 0 Å². The highest BCUT2D eigenvalue weighted by molar-refractivity contribution is 5.83. The van der Waals surface area contributed by atoms with E-state index in [1.165, 1.54) is 10.9 Å². The van der Waals surface area contributed by atoms with E-state index in [4.69, 9.17) is 0 Å². The van der Waals surface area contributed by atoms with Gasteiger partial charge in [-0.15, -0.1) is 0 Å². The van der Waals surface area contributed by atoms with Gasteiger partial charge in [0.1, 0.15) is 0 Å². The van der Waals surface area contributed by atoms with E-state index >= 15 is 0 Å². The summed E-state index contributed by atoms with van der Waals surface area (Å²) in [5, 5.41) is 6.98. The van der Waals surface area contributed by atoms with Crippen LogP contribution < -0.4 is 10.6 Å². The summed E-state index contributed by atoms with van der Waals surface area (Å²) in [7, 11) is 0. The summed E-state index contributed by atoms with van der Waals surface area (Å²) >= 11 is 0. The van der Waals surface area contributed by atoms with Crippen molar-refractivity contribution in [2.24, 2.45) is 0 Å². The van der Waals surface area contributed by atoms with Crippen LogP contribution in [0.1, 0.15) is 32.8 Å². The molecular weight excluding hydrogens is 316 g/mol. The van der Waals surface area contributed by atoms with Gasteiger partial charge >= 0.3 is 6.03 Å². The molecular formula is C19H26N4O2. The zero-order valence-corrected chi connectivity index (χ0v) is 15.1. The van der Waals surface area contributed by atoms with Crippen LogP contribution in [-0.4, -0.2) is 46.5 Å². The number of aromatic nitrogens is 1. The van der Waals surface area contributed by atoms with Crippen molar-refractivity contribution in [1.82, 2.24) is 20.5 Å². The number of nitrogens with one attached hydrogen (secondary N) is 3. The number of carbonyl (C=O) groups is 2. The largest absolute Gasteiger partial charge is 0.361 e. The molecule has 1 fully saturated rings. The van der Waals surface area contributed by atoms with Gasteiger partial charge < -0.3 is 20.5 Å². The summed E-state index contributed by atoms with van der Waals surface area (Å²) in [5.74, 6) is 0.0941. The summed E-state index contributed by atoms with van der Waals surface area (Å²) in [6.07, 6.45) is 3.11. The van der Waals surface area contributed by atoms with Crippen LogP contribution in [0.2, 0.25) is 0 Å². The standard InChI is InChI=1S/C19H26N4O2/c1-19(2,3)23-12-14(10-17(23)24)22-18(25)20-9-8-13-11-21-16-7-5-4-6-15(13)16/h4-7,11,14,21H,8-10,12H2,1-3H3,(H2,20,22,25). The summed E-state index contributed by atoms with van der Waals surface area (Å²) in [5.41, 5.74) is 2.08. The van der Waals surface area contributed by atoms with Crippen molar-refractivity contribution in [2.45, 2.75) is 45.2 Å². The molecule has 1 unspecified atom stereocenters. The van der Waals surface area contributed by atoms with E-state index < -0.39 is 0 Å². The predicted octanol–water partition coefficient (Wildman–Crippen LogP) is 2.41. The highest BCUT2D eigenvalue weighted by Gasteiger charge is 2.36. The minimum atomic E-state index is -0.214. The summed E-state index contributed by atoms with van der Waals surface area (Å²) in [6, 6.07) is 7.78. The van der Waals surface area contributed by atoms with E-state index in [-0.39, 0.29) is 23.5 Å². The van der Waals surface area contributed by atoms with Crippen molar-refractivity contribution in [3.05, 3.63) is 36.0 Å². The summed E-state index contributed by atoms with van der Waals surface area (Å²) in [4.78, 5) is 29.2. The molecule has 1 saturated heterocycles. The average Bonchev–Trinajstić information content (AvgIpc) is 3.11. The topological polar surface area (TPSA) is 77.2 Å². The quantitative estimate of drug-likeness (QED) is 0.798. The van der Waals surface area contributed by atoms with Gasteiger partial charge in [-0.1, -0.05) is 18.2 Å². The molecule has 0 aliphatic carbocycles. The van der Waals surface area contributed by atoms with E-state index in [1.54, 1.807) is 0 Å². The minimum absolute atomic E-state index is 0.0941. The second kappa shape index (κ2) is 6.78. The van der Waals surface area contributed by atoms with Crippen molar-refractivity contribution >= 4 is 22.8 Å². The Labute approximate surface area is 148 Å². The number of H-pyrrole nitrogens is 1. The lowest BCUT2D eigenvalue weighted by molar-refractivity contribution is -0.131. The second-order valence-electron chi connectivity index (χ2n) is 7.59. The molecule has 1 aliphatic rings. The Morgan fingerprint density at radius 1 is 1.32 bits per heavy atom. The van der Waals surface area contributed by atoms with Crippen molar-refractivity contribution in [3.8, 4) is 0 Å². The van der Waals surface area contributed by atoms with E-state index in [9.17, 15) is 9.59 Å². The molecule has 134 valence electrons.